The summed E-state index contributed by atoms with van der Waals surface area (Å²) in [6, 6.07) is 4.64. The van der Waals surface area contributed by atoms with Crippen LogP contribution in [0, 0.1) is 11.2 Å². The molecule has 4 rings (SSSR count). The Hall–Kier alpha value is -2.10. The first-order valence-corrected chi connectivity index (χ1v) is 9.69. The van der Waals surface area contributed by atoms with Gasteiger partial charge < -0.3 is 11.1 Å². The molecule has 1 saturated carbocycles. The van der Waals surface area contributed by atoms with Crippen molar-refractivity contribution in [1.29, 1.82) is 0 Å². The SMILES string of the molecule is CC1(C)CN(CC(=O)Nc2cc(-n3nnnc3C3CC3)ccc2F)CCC1N.Cl. The highest BCUT2D eigenvalue weighted by Gasteiger charge is 2.34. The number of piperidine rings is 1. The summed E-state index contributed by atoms with van der Waals surface area (Å²) in [4.78, 5) is 14.6. The number of halogens is 2. The van der Waals surface area contributed by atoms with E-state index in [9.17, 15) is 9.18 Å². The number of hydrogen-bond donors (Lipinski definition) is 2. The molecule has 29 heavy (non-hydrogen) atoms. The van der Waals surface area contributed by atoms with Gasteiger partial charge >= 0.3 is 0 Å². The number of tetrazole rings is 1. The number of carbonyl (C=O) groups excluding carboxylic acids is 1. The van der Waals surface area contributed by atoms with Crippen molar-refractivity contribution in [2.75, 3.05) is 25.0 Å². The lowest BCUT2D eigenvalue weighted by atomic mass is 9.80. The molecule has 2 aromatic rings. The fourth-order valence-electron chi connectivity index (χ4n) is 3.73. The summed E-state index contributed by atoms with van der Waals surface area (Å²) in [6.07, 6.45) is 2.95. The van der Waals surface area contributed by atoms with Crippen molar-refractivity contribution in [3.63, 3.8) is 0 Å². The second-order valence-electron chi connectivity index (χ2n) is 8.53. The van der Waals surface area contributed by atoms with Crippen LogP contribution in [0.5, 0.6) is 0 Å². The number of hydrogen-bond acceptors (Lipinski definition) is 6. The number of nitrogens with one attached hydrogen (secondary N) is 1. The Morgan fingerprint density at radius 1 is 1.34 bits per heavy atom. The fraction of sp³-hybridized carbons (Fsp3) is 0.579. The molecule has 1 saturated heterocycles. The zero-order chi connectivity index (χ0) is 19.9. The quantitative estimate of drug-likeness (QED) is 0.763. The molecule has 0 radical (unpaired) electrons. The third-order valence-corrected chi connectivity index (χ3v) is 5.66. The predicted molar refractivity (Wildman–Crippen MR) is 110 cm³/mol. The first-order chi connectivity index (χ1) is 13.3. The molecule has 2 fully saturated rings. The lowest BCUT2D eigenvalue weighted by Gasteiger charge is -2.42. The molecule has 0 spiro atoms. The minimum absolute atomic E-state index is 0. The zero-order valence-electron chi connectivity index (χ0n) is 16.6. The molecular weight excluding hydrogens is 397 g/mol. The van der Waals surface area contributed by atoms with Gasteiger partial charge in [-0.3, -0.25) is 9.69 Å². The molecule has 2 aliphatic rings. The van der Waals surface area contributed by atoms with Crippen LogP contribution < -0.4 is 11.1 Å². The summed E-state index contributed by atoms with van der Waals surface area (Å²) in [5.74, 6) is 0.392. The lowest BCUT2D eigenvalue weighted by molar-refractivity contribution is -0.118. The van der Waals surface area contributed by atoms with Crippen LogP contribution in [0.2, 0.25) is 0 Å². The van der Waals surface area contributed by atoms with Crippen LogP contribution in [0.15, 0.2) is 18.2 Å². The molecule has 1 atom stereocenters. The molecule has 1 unspecified atom stereocenters. The molecule has 8 nitrogen and oxygen atoms in total. The number of amides is 1. The van der Waals surface area contributed by atoms with Crippen molar-refractivity contribution in [1.82, 2.24) is 25.1 Å². The average molecular weight is 424 g/mol. The first-order valence-electron chi connectivity index (χ1n) is 9.69. The van der Waals surface area contributed by atoms with E-state index in [0.29, 0.717) is 11.6 Å². The van der Waals surface area contributed by atoms with Crippen LogP contribution in [-0.4, -0.2) is 56.7 Å². The van der Waals surface area contributed by atoms with Gasteiger partial charge in [0.15, 0.2) is 5.82 Å². The molecular formula is C19H27ClFN7O. The summed E-state index contributed by atoms with van der Waals surface area (Å²) >= 11 is 0. The summed E-state index contributed by atoms with van der Waals surface area (Å²) in [5.41, 5.74) is 6.87. The highest BCUT2D eigenvalue weighted by atomic mass is 35.5. The normalized spacial score (nSPS) is 21.4. The van der Waals surface area contributed by atoms with E-state index >= 15 is 0 Å². The maximum Gasteiger partial charge on any atom is 0.238 e. The Balaban J connectivity index is 0.00000240. The zero-order valence-corrected chi connectivity index (χ0v) is 17.5. The number of nitrogens with zero attached hydrogens (tertiary/aromatic N) is 5. The van der Waals surface area contributed by atoms with E-state index in [1.165, 1.54) is 6.07 Å². The van der Waals surface area contributed by atoms with Gasteiger partial charge in [0, 0.05) is 25.0 Å². The van der Waals surface area contributed by atoms with E-state index in [1.807, 2.05) is 0 Å². The van der Waals surface area contributed by atoms with Gasteiger partial charge in [-0.05, 0) is 53.3 Å². The first kappa shape index (κ1) is 21.6. The summed E-state index contributed by atoms with van der Waals surface area (Å²) in [6.45, 7) is 5.91. The maximum absolute atomic E-state index is 14.3. The molecule has 1 aromatic heterocycles. The Kier molecular flexibility index (Phi) is 6.21. The molecule has 2 heterocycles. The van der Waals surface area contributed by atoms with Gasteiger partial charge in [-0.1, -0.05) is 13.8 Å². The number of likely N-dealkylation sites (tertiary alicyclic amines) is 1. The van der Waals surface area contributed by atoms with Crippen molar-refractivity contribution in [3.8, 4) is 5.69 Å². The van der Waals surface area contributed by atoms with Crippen molar-refractivity contribution in [3.05, 3.63) is 29.8 Å². The van der Waals surface area contributed by atoms with Crippen molar-refractivity contribution < 1.29 is 9.18 Å². The highest BCUT2D eigenvalue weighted by molar-refractivity contribution is 5.92. The van der Waals surface area contributed by atoms with E-state index in [2.05, 4.69) is 39.6 Å². The highest BCUT2D eigenvalue weighted by Crippen LogP contribution is 2.39. The Morgan fingerprint density at radius 2 is 2.10 bits per heavy atom. The number of nitrogens with two attached hydrogens (primary N) is 1. The van der Waals surface area contributed by atoms with Crippen LogP contribution in [0.1, 0.15) is 44.9 Å². The second kappa shape index (κ2) is 8.33. The largest absolute Gasteiger partial charge is 0.327 e. The minimum Gasteiger partial charge on any atom is -0.327 e. The van der Waals surface area contributed by atoms with E-state index in [1.54, 1.807) is 16.8 Å². The summed E-state index contributed by atoms with van der Waals surface area (Å²) < 4.78 is 15.9. The molecule has 0 bridgehead atoms. The number of aromatic nitrogens is 4. The molecule has 1 amide bonds. The molecule has 1 aliphatic heterocycles. The van der Waals surface area contributed by atoms with Crippen LogP contribution in [0.25, 0.3) is 5.69 Å². The topological polar surface area (TPSA) is 102 Å². The monoisotopic (exact) mass is 423 g/mol. The van der Waals surface area contributed by atoms with Crippen molar-refractivity contribution in [2.45, 2.75) is 45.1 Å². The Labute approximate surface area is 175 Å². The number of rotatable bonds is 5. The lowest BCUT2D eigenvalue weighted by Crippen LogP contribution is -2.53. The standard InChI is InChI=1S/C19H26FN7O.ClH/c1-19(2)11-26(8-7-16(19)21)10-17(28)22-15-9-13(5-6-14(15)20)27-18(12-3-4-12)23-24-25-27;/h5-6,9,12,16H,3-4,7-8,10-11,21H2,1-2H3,(H,22,28);1H. The molecule has 158 valence electrons. The van der Waals surface area contributed by atoms with E-state index in [-0.39, 0.29) is 42.0 Å². The third kappa shape index (κ3) is 4.73. The number of carbonyl (C=O) groups is 1. The fourth-order valence-corrected chi connectivity index (χ4v) is 3.73. The van der Waals surface area contributed by atoms with Gasteiger partial charge in [-0.25, -0.2) is 4.39 Å². The maximum atomic E-state index is 14.3. The minimum atomic E-state index is -0.487. The van der Waals surface area contributed by atoms with Crippen LogP contribution in [-0.2, 0) is 4.79 Å². The van der Waals surface area contributed by atoms with Crippen molar-refractivity contribution in [2.24, 2.45) is 11.1 Å². The average Bonchev–Trinajstić information content (AvgIpc) is 3.36. The van der Waals surface area contributed by atoms with Gasteiger partial charge in [0.1, 0.15) is 5.82 Å². The second-order valence-corrected chi connectivity index (χ2v) is 8.53. The summed E-state index contributed by atoms with van der Waals surface area (Å²) in [5, 5.41) is 14.5. The molecule has 10 heteroatoms. The van der Waals surface area contributed by atoms with Gasteiger partial charge in [-0.15, -0.1) is 17.5 Å². The van der Waals surface area contributed by atoms with Gasteiger partial charge in [-0.2, -0.15) is 4.68 Å². The van der Waals surface area contributed by atoms with Gasteiger partial charge in [0.05, 0.1) is 17.9 Å². The van der Waals surface area contributed by atoms with E-state index < -0.39 is 5.82 Å². The number of anilines is 1. The van der Waals surface area contributed by atoms with Crippen molar-refractivity contribution >= 4 is 24.0 Å². The van der Waals surface area contributed by atoms with Crippen LogP contribution >= 0.6 is 12.4 Å². The van der Waals surface area contributed by atoms with E-state index in [4.69, 9.17) is 5.73 Å². The number of benzene rings is 1. The van der Waals surface area contributed by atoms with Gasteiger partial charge in [0.25, 0.3) is 0 Å². The molecule has 1 aromatic carbocycles. The molecule has 1 aliphatic carbocycles. The predicted octanol–water partition coefficient (Wildman–Crippen LogP) is 2.10. The smallest absolute Gasteiger partial charge is 0.238 e. The molecule has 3 N–H and O–H groups in total. The van der Waals surface area contributed by atoms with E-state index in [0.717, 1.165) is 38.2 Å². The third-order valence-electron chi connectivity index (χ3n) is 5.66. The Morgan fingerprint density at radius 3 is 2.79 bits per heavy atom. The summed E-state index contributed by atoms with van der Waals surface area (Å²) in [7, 11) is 0. The Bertz CT molecular complexity index is 883. The van der Waals surface area contributed by atoms with Crippen LogP contribution in [0.3, 0.4) is 0 Å². The van der Waals surface area contributed by atoms with Gasteiger partial charge in [0.2, 0.25) is 5.91 Å². The van der Waals surface area contributed by atoms with Crippen LogP contribution in [0.4, 0.5) is 10.1 Å².